The van der Waals surface area contributed by atoms with Gasteiger partial charge in [0.05, 0.1) is 0 Å². The maximum absolute atomic E-state index is 11.7. The Bertz CT molecular complexity index is 693. The van der Waals surface area contributed by atoms with Crippen molar-refractivity contribution < 1.29 is 19.1 Å². The first-order chi connectivity index (χ1) is 11.6. The number of rotatable bonds is 8. The Morgan fingerprint density at radius 3 is 2.62 bits per heavy atom. The topological polar surface area (TPSA) is 64.6 Å². The predicted molar refractivity (Wildman–Crippen MR) is 92.9 cm³/mol. The minimum absolute atomic E-state index is 0.0770. The number of ether oxygens (including phenoxy) is 2. The van der Waals surface area contributed by atoms with Gasteiger partial charge >= 0.3 is 5.97 Å². The second kappa shape index (κ2) is 8.91. The summed E-state index contributed by atoms with van der Waals surface area (Å²) in [5.41, 5.74) is 0. The highest BCUT2D eigenvalue weighted by atomic mass is 16.6. The molecule has 1 amide bonds. The van der Waals surface area contributed by atoms with Crippen LogP contribution in [0.5, 0.6) is 5.75 Å². The van der Waals surface area contributed by atoms with Crippen LogP contribution in [0.25, 0.3) is 10.8 Å². The smallest absolute Gasteiger partial charge is 0.344 e. The predicted octanol–water partition coefficient (Wildman–Crippen LogP) is 3.07. The largest absolute Gasteiger partial charge is 0.481 e. The molecule has 128 valence electrons. The van der Waals surface area contributed by atoms with Gasteiger partial charge in [0.15, 0.2) is 13.2 Å². The number of nitrogens with one attached hydrogen (secondary N) is 1. The Balaban J connectivity index is 1.80. The van der Waals surface area contributed by atoms with Crippen LogP contribution in [-0.2, 0) is 14.3 Å². The number of hydrogen-bond donors (Lipinski definition) is 1. The lowest BCUT2D eigenvalue weighted by atomic mass is 10.1. The summed E-state index contributed by atoms with van der Waals surface area (Å²) >= 11 is 0. The fourth-order valence-corrected chi connectivity index (χ4v) is 2.47. The number of esters is 1. The van der Waals surface area contributed by atoms with E-state index >= 15 is 0 Å². The van der Waals surface area contributed by atoms with E-state index < -0.39 is 5.97 Å². The van der Waals surface area contributed by atoms with Gasteiger partial charge in [-0.25, -0.2) is 4.79 Å². The number of benzene rings is 2. The highest BCUT2D eigenvalue weighted by Crippen LogP contribution is 2.24. The minimum Gasteiger partial charge on any atom is -0.481 e. The number of amides is 1. The van der Waals surface area contributed by atoms with E-state index in [1.807, 2.05) is 50.2 Å². The molecule has 0 fully saturated rings. The van der Waals surface area contributed by atoms with Gasteiger partial charge < -0.3 is 14.8 Å². The van der Waals surface area contributed by atoms with Crippen LogP contribution in [0.2, 0.25) is 0 Å². The first-order valence-corrected chi connectivity index (χ1v) is 8.15. The summed E-state index contributed by atoms with van der Waals surface area (Å²) in [5, 5.41) is 4.74. The molecule has 1 atom stereocenters. The van der Waals surface area contributed by atoms with E-state index in [1.165, 1.54) is 0 Å². The molecular weight excluding hydrogens is 306 g/mol. The molecule has 2 aromatic rings. The van der Waals surface area contributed by atoms with E-state index in [4.69, 9.17) is 9.47 Å². The van der Waals surface area contributed by atoms with E-state index in [2.05, 4.69) is 5.32 Å². The van der Waals surface area contributed by atoms with Crippen LogP contribution in [0.3, 0.4) is 0 Å². The van der Waals surface area contributed by atoms with E-state index in [0.717, 1.165) is 23.6 Å². The van der Waals surface area contributed by atoms with Crippen LogP contribution in [-0.4, -0.2) is 31.1 Å². The molecule has 1 N–H and O–H groups in total. The van der Waals surface area contributed by atoms with Crippen molar-refractivity contribution in [3.63, 3.8) is 0 Å². The molecular formula is C19H23NO4. The molecule has 0 radical (unpaired) electrons. The zero-order valence-electron chi connectivity index (χ0n) is 14.1. The second-order valence-corrected chi connectivity index (χ2v) is 5.68. The zero-order valence-corrected chi connectivity index (χ0v) is 14.1. The van der Waals surface area contributed by atoms with Crippen molar-refractivity contribution in [2.75, 3.05) is 13.2 Å². The average molecular weight is 329 g/mol. The molecule has 5 nitrogen and oxygen atoms in total. The first kappa shape index (κ1) is 17.8. The average Bonchev–Trinajstić information content (AvgIpc) is 2.58. The van der Waals surface area contributed by atoms with Crippen molar-refractivity contribution in [1.82, 2.24) is 5.32 Å². The third-order valence-corrected chi connectivity index (χ3v) is 3.59. The van der Waals surface area contributed by atoms with Crippen molar-refractivity contribution in [2.45, 2.75) is 32.7 Å². The lowest BCUT2D eigenvalue weighted by Gasteiger charge is -2.13. The summed E-state index contributed by atoms with van der Waals surface area (Å²) < 4.78 is 10.5. The van der Waals surface area contributed by atoms with Gasteiger partial charge in [-0.1, -0.05) is 49.7 Å². The van der Waals surface area contributed by atoms with Crippen LogP contribution in [0.15, 0.2) is 42.5 Å². The Kier molecular flexibility index (Phi) is 6.61. The first-order valence-electron chi connectivity index (χ1n) is 8.15. The Hall–Kier alpha value is -2.56. The minimum atomic E-state index is -0.568. The second-order valence-electron chi connectivity index (χ2n) is 5.68. The summed E-state index contributed by atoms with van der Waals surface area (Å²) in [6, 6.07) is 13.5. The Morgan fingerprint density at radius 1 is 1.08 bits per heavy atom. The van der Waals surface area contributed by atoms with Gasteiger partial charge in [0.1, 0.15) is 5.75 Å². The van der Waals surface area contributed by atoms with Gasteiger partial charge in [-0.05, 0) is 24.8 Å². The molecule has 0 aliphatic heterocycles. The molecule has 0 aliphatic carbocycles. The molecule has 0 aromatic heterocycles. The van der Waals surface area contributed by atoms with Crippen LogP contribution in [0.1, 0.15) is 26.7 Å². The van der Waals surface area contributed by atoms with Crippen molar-refractivity contribution in [1.29, 1.82) is 0 Å². The lowest BCUT2D eigenvalue weighted by molar-refractivity contribution is -0.150. The molecule has 2 rings (SSSR count). The van der Waals surface area contributed by atoms with E-state index in [0.29, 0.717) is 5.75 Å². The number of carbonyl (C=O) groups is 2. The molecule has 0 heterocycles. The van der Waals surface area contributed by atoms with Crippen LogP contribution < -0.4 is 10.1 Å². The Morgan fingerprint density at radius 2 is 1.83 bits per heavy atom. The monoisotopic (exact) mass is 329 g/mol. The quantitative estimate of drug-likeness (QED) is 0.756. The molecule has 5 heteroatoms. The highest BCUT2D eigenvalue weighted by Gasteiger charge is 2.11. The van der Waals surface area contributed by atoms with Gasteiger partial charge in [0.25, 0.3) is 5.91 Å². The molecule has 0 unspecified atom stereocenters. The molecule has 0 bridgehead atoms. The summed E-state index contributed by atoms with van der Waals surface area (Å²) in [6.07, 6.45) is 1.88. The number of carbonyl (C=O) groups excluding carboxylic acids is 2. The lowest BCUT2D eigenvalue weighted by Crippen LogP contribution is -2.36. The molecule has 24 heavy (non-hydrogen) atoms. The summed E-state index contributed by atoms with van der Waals surface area (Å²) in [6.45, 7) is 3.46. The van der Waals surface area contributed by atoms with Gasteiger partial charge in [-0.15, -0.1) is 0 Å². The van der Waals surface area contributed by atoms with Crippen LogP contribution >= 0.6 is 0 Å². The Labute approximate surface area is 141 Å². The van der Waals surface area contributed by atoms with Crippen LogP contribution in [0, 0.1) is 0 Å². The van der Waals surface area contributed by atoms with E-state index in [9.17, 15) is 9.59 Å². The van der Waals surface area contributed by atoms with Gasteiger partial charge in [0, 0.05) is 11.4 Å². The third kappa shape index (κ3) is 5.26. The summed E-state index contributed by atoms with van der Waals surface area (Å²) in [4.78, 5) is 23.4. The summed E-state index contributed by atoms with van der Waals surface area (Å²) in [7, 11) is 0. The van der Waals surface area contributed by atoms with Crippen molar-refractivity contribution in [2.24, 2.45) is 0 Å². The van der Waals surface area contributed by atoms with Gasteiger partial charge in [0.2, 0.25) is 0 Å². The summed E-state index contributed by atoms with van der Waals surface area (Å²) in [5.74, 6) is -0.248. The van der Waals surface area contributed by atoms with Gasteiger partial charge in [-0.3, -0.25) is 4.79 Å². The zero-order chi connectivity index (χ0) is 17.4. The van der Waals surface area contributed by atoms with Crippen molar-refractivity contribution in [3.05, 3.63) is 42.5 Å². The maximum atomic E-state index is 11.7. The fraction of sp³-hybridized carbons (Fsp3) is 0.368. The molecule has 2 aromatic carbocycles. The highest BCUT2D eigenvalue weighted by molar-refractivity contribution is 5.88. The van der Waals surface area contributed by atoms with Crippen molar-refractivity contribution >= 4 is 22.6 Å². The maximum Gasteiger partial charge on any atom is 0.344 e. The fourth-order valence-electron chi connectivity index (χ4n) is 2.47. The number of hydrogen-bond acceptors (Lipinski definition) is 4. The standard InChI is InChI=1S/C19H23NO4/c1-3-7-14(2)20-18(21)12-24-19(22)13-23-17-11-6-9-15-8-4-5-10-16(15)17/h4-6,8-11,14H,3,7,12-13H2,1-2H3,(H,20,21)/t14-/m0/s1. The van der Waals surface area contributed by atoms with E-state index in [-0.39, 0.29) is 25.2 Å². The normalized spacial score (nSPS) is 11.8. The SMILES string of the molecule is CCC[C@H](C)NC(=O)COC(=O)COc1cccc2ccccc12. The molecule has 0 saturated carbocycles. The third-order valence-electron chi connectivity index (χ3n) is 3.59. The molecule has 0 aliphatic rings. The van der Waals surface area contributed by atoms with E-state index in [1.54, 1.807) is 6.07 Å². The molecule has 0 saturated heterocycles. The van der Waals surface area contributed by atoms with Gasteiger partial charge in [-0.2, -0.15) is 0 Å². The molecule has 0 spiro atoms. The number of fused-ring (bicyclic) bond motifs is 1. The van der Waals surface area contributed by atoms with Crippen molar-refractivity contribution in [3.8, 4) is 5.75 Å². The van der Waals surface area contributed by atoms with Crippen LogP contribution in [0.4, 0.5) is 0 Å².